The Labute approximate surface area is 122 Å². The van der Waals surface area contributed by atoms with Crippen molar-refractivity contribution in [2.24, 2.45) is 0 Å². The molecule has 2 heterocycles. The molecule has 0 aliphatic rings. The summed E-state index contributed by atoms with van der Waals surface area (Å²) in [7, 11) is 0. The predicted molar refractivity (Wildman–Crippen MR) is 69.2 cm³/mol. The highest BCUT2D eigenvalue weighted by molar-refractivity contribution is 7.98. The van der Waals surface area contributed by atoms with Crippen molar-refractivity contribution in [3.05, 3.63) is 47.0 Å². The summed E-state index contributed by atoms with van der Waals surface area (Å²) in [4.78, 5) is 14.5. The van der Waals surface area contributed by atoms with Crippen LogP contribution in [0.5, 0.6) is 0 Å². The summed E-state index contributed by atoms with van der Waals surface area (Å²) in [5.41, 5.74) is -0.313. The molecule has 2 aromatic rings. The van der Waals surface area contributed by atoms with Crippen molar-refractivity contribution in [1.82, 2.24) is 4.98 Å². The van der Waals surface area contributed by atoms with Gasteiger partial charge in [0, 0.05) is 11.8 Å². The number of aromatic carboxylic acids is 1. The third-order valence-corrected chi connectivity index (χ3v) is 3.56. The van der Waals surface area contributed by atoms with Crippen LogP contribution in [0.2, 0.25) is 0 Å². The lowest BCUT2D eigenvalue weighted by molar-refractivity contribution is -0.137. The van der Waals surface area contributed by atoms with E-state index in [1.807, 2.05) is 0 Å². The number of thioether (sulfide) groups is 1. The lowest BCUT2D eigenvalue weighted by Crippen LogP contribution is -2.05. The molecule has 0 saturated carbocycles. The minimum Gasteiger partial charge on any atom is -0.475 e. The Morgan fingerprint density at radius 3 is 2.62 bits per heavy atom. The Kier molecular flexibility index (Phi) is 4.26. The average Bonchev–Trinajstić information content (AvgIpc) is 2.77. The monoisotopic (exact) mass is 317 g/mol. The Hall–Kier alpha value is -1.96. The van der Waals surface area contributed by atoms with E-state index in [9.17, 15) is 18.0 Å². The first-order valence-electron chi connectivity index (χ1n) is 5.76. The maximum atomic E-state index is 12.4. The molecule has 2 aromatic heterocycles. The number of nitrogens with zero attached hydrogens (tertiary/aromatic N) is 1. The zero-order valence-electron chi connectivity index (χ0n) is 10.8. The number of hydrogen-bond acceptors (Lipinski definition) is 4. The number of aryl methyl sites for hydroxylation is 1. The van der Waals surface area contributed by atoms with Gasteiger partial charge in [-0.1, -0.05) is 11.8 Å². The predicted octanol–water partition coefficient (Wildman–Crippen LogP) is 3.99. The highest BCUT2D eigenvalue weighted by Gasteiger charge is 2.30. The molecule has 0 aromatic carbocycles. The van der Waals surface area contributed by atoms with E-state index in [1.54, 1.807) is 13.0 Å². The topological polar surface area (TPSA) is 63.3 Å². The average molecular weight is 317 g/mol. The van der Waals surface area contributed by atoms with Crippen LogP contribution in [-0.2, 0) is 11.9 Å². The van der Waals surface area contributed by atoms with Crippen molar-refractivity contribution in [3.8, 4) is 0 Å². The van der Waals surface area contributed by atoms with Gasteiger partial charge in [0.25, 0.3) is 0 Å². The molecule has 0 aliphatic carbocycles. The molecular weight excluding hydrogens is 307 g/mol. The van der Waals surface area contributed by atoms with Crippen LogP contribution in [0.3, 0.4) is 0 Å². The molecule has 1 N–H and O–H groups in total. The smallest absolute Gasteiger partial charge is 0.417 e. The SMILES string of the molecule is Cc1cc(CSc2ccc(C(F)(F)F)cn2)oc1C(=O)O. The van der Waals surface area contributed by atoms with Crippen molar-refractivity contribution in [3.63, 3.8) is 0 Å². The molecule has 0 bridgehead atoms. The van der Waals surface area contributed by atoms with Gasteiger partial charge in [-0.2, -0.15) is 13.2 Å². The number of carboxylic acids is 1. The van der Waals surface area contributed by atoms with E-state index in [4.69, 9.17) is 9.52 Å². The summed E-state index contributed by atoms with van der Waals surface area (Å²) in [6.45, 7) is 1.61. The van der Waals surface area contributed by atoms with Crippen molar-refractivity contribution in [2.75, 3.05) is 0 Å². The number of halogens is 3. The van der Waals surface area contributed by atoms with E-state index >= 15 is 0 Å². The van der Waals surface area contributed by atoms with Crippen molar-refractivity contribution >= 4 is 17.7 Å². The van der Waals surface area contributed by atoms with Crippen LogP contribution in [0.15, 0.2) is 33.8 Å². The van der Waals surface area contributed by atoms with Gasteiger partial charge in [-0.05, 0) is 25.1 Å². The first-order chi connectivity index (χ1) is 9.77. The van der Waals surface area contributed by atoms with E-state index in [2.05, 4.69) is 4.98 Å². The molecule has 112 valence electrons. The Morgan fingerprint density at radius 1 is 1.43 bits per heavy atom. The van der Waals surface area contributed by atoms with Crippen LogP contribution >= 0.6 is 11.8 Å². The molecule has 0 atom stereocenters. The van der Waals surface area contributed by atoms with Gasteiger partial charge >= 0.3 is 12.1 Å². The Bertz CT molecular complexity index is 650. The van der Waals surface area contributed by atoms with Gasteiger partial charge in [0.15, 0.2) is 0 Å². The highest BCUT2D eigenvalue weighted by atomic mass is 32.2. The number of hydrogen-bond donors (Lipinski definition) is 1. The minimum absolute atomic E-state index is 0.133. The summed E-state index contributed by atoms with van der Waals surface area (Å²) in [5.74, 6) is -0.578. The molecular formula is C13H10F3NO3S. The van der Waals surface area contributed by atoms with Gasteiger partial charge in [-0.3, -0.25) is 0 Å². The van der Waals surface area contributed by atoms with Crippen LogP contribution < -0.4 is 0 Å². The first kappa shape index (κ1) is 15.4. The number of pyridine rings is 1. The summed E-state index contributed by atoms with van der Waals surface area (Å²) >= 11 is 1.16. The third-order valence-electron chi connectivity index (χ3n) is 2.59. The molecule has 4 nitrogen and oxygen atoms in total. The summed E-state index contributed by atoms with van der Waals surface area (Å²) < 4.78 is 42.3. The number of alkyl halides is 3. The first-order valence-corrected chi connectivity index (χ1v) is 6.74. The van der Waals surface area contributed by atoms with Crippen LogP contribution in [0.1, 0.15) is 27.4 Å². The fourth-order valence-corrected chi connectivity index (χ4v) is 2.33. The summed E-state index contributed by atoms with van der Waals surface area (Å²) in [5, 5.41) is 9.25. The Morgan fingerprint density at radius 2 is 2.14 bits per heavy atom. The number of aromatic nitrogens is 1. The lowest BCUT2D eigenvalue weighted by atomic mass is 10.3. The summed E-state index contributed by atoms with van der Waals surface area (Å²) in [6.07, 6.45) is -3.65. The second kappa shape index (κ2) is 5.80. The van der Waals surface area contributed by atoms with Crippen molar-refractivity contribution in [1.29, 1.82) is 0 Å². The number of furan rings is 1. The fourth-order valence-electron chi connectivity index (χ4n) is 1.61. The van der Waals surface area contributed by atoms with Gasteiger partial charge in [-0.25, -0.2) is 9.78 Å². The summed E-state index contributed by atoms with van der Waals surface area (Å²) in [6, 6.07) is 3.80. The van der Waals surface area contributed by atoms with E-state index in [1.165, 1.54) is 6.07 Å². The van der Waals surface area contributed by atoms with Crippen LogP contribution in [0.4, 0.5) is 13.2 Å². The maximum Gasteiger partial charge on any atom is 0.417 e. The molecule has 0 radical (unpaired) electrons. The molecule has 8 heteroatoms. The molecule has 0 unspecified atom stereocenters. The third kappa shape index (κ3) is 3.78. The van der Waals surface area contributed by atoms with Gasteiger partial charge in [0.1, 0.15) is 5.76 Å². The largest absolute Gasteiger partial charge is 0.475 e. The van der Waals surface area contributed by atoms with Crippen LogP contribution in [0.25, 0.3) is 0 Å². The van der Waals surface area contributed by atoms with E-state index < -0.39 is 17.7 Å². The van der Waals surface area contributed by atoms with Gasteiger partial charge in [0.05, 0.1) is 16.3 Å². The van der Waals surface area contributed by atoms with E-state index in [-0.39, 0.29) is 11.5 Å². The Balaban J connectivity index is 2.03. The number of carbonyl (C=O) groups is 1. The van der Waals surface area contributed by atoms with Gasteiger partial charge in [0.2, 0.25) is 5.76 Å². The quantitative estimate of drug-likeness (QED) is 0.864. The molecule has 0 aliphatic heterocycles. The zero-order chi connectivity index (χ0) is 15.6. The molecule has 0 amide bonds. The molecule has 0 saturated heterocycles. The zero-order valence-corrected chi connectivity index (χ0v) is 11.6. The van der Waals surface area contributed by atoms with Gasteiger partial charge in [-0.15, -0.1) is 0 Å². The van der Waals surface area contributed by atoms with Gasteiger partial charge < -0.3 is 9.52 Å². The standard InChI is InChI=1S/C13H10F3NO3S/c1-7-4-9(20-11(7)12(18)19)6-21-10-3-2-8(5-17-10)13(14,15)16/h2-5H,6H2,1H3,(H,18,19). The fraction of sp³-hybridized carbons (Fsp3) is 0.231. The molecule has 0 fully saturated rings. The number of rotatable bonds is 4. The van der Waals surface area contributed by atoms with Crippen LogP contribution in [0, 0.1) is 6.92 Å². The molecule has 21 heavy (non-hydrogen) atoms. The van der Waals surface area contributed by atoms with E-state index in [0.29, 0.717) is 16.3 Å². The molecule has 0 spiro atoms. The maximum absolute atomic E-state index is 12.4. The highest BCUT2D eigenvalue weighted by Crippen LogP contribution is 2.30. The normalized spacial score (nSPS) is 11.6. The second-order valence-corrected chi connectivity index (χ2v) is 5.20. The van der Waals surface area contributed by atoms with E-state index in [0.717, 1.165) is 24.0 Å². The van der Waals surface area contributed by atoms with Crippen LogP contribution in [-0.4, -0.2) is 16.1 Å². The van der Waals surface area contributed by atoms with Crippen molar-refractivity contribution < 1.29 is 27.5 Å². The minimum atomic E-state index is -4.41. The lowest BCUT2D eigenvalue weighted by Gasteiger charge is -2.06. The van der Waals surface area contributed by atoms with Crippen molar-refractivity contribution in [2.45, 2.75) is 23.9 Å². The second-order valence-electron chi connectivity index (χ2n) is 4.20. The number of carboxylic acid groups (broad SMARTS) is 1. The molecule has 2 rings (SSSR count).